The molecule has 23 heavy (non-hydrogen) atoms. The van der Waals surface area contributed by atoms with E-state index in [-0.39, 0.29) is 5.78 Å². The van der Waals surface area contributed by atoms with E-state index in [1.54, 1.807) is 24.3 Å². The minimum Gasteiger partial charge on any atom is -0.454 e. The maximum absolute atomic E-state index is 13.1. The Kier molecular flexibility index (Phi) is 2.78. The Bertz CT molecular complexity index is 826. The van der Waals surface area contributed by atoms with Crippen molar-refractivity contribution >= 4 is 5.78 Å². The summed E-state index contributed by atoms with van der Waals surface area (Å²) in [5.41, 5.74) is 1.01. The molecule has 2 aromatic carbocycles. The highest BCUT2D eigenvalue weighted by Crippen LogP contribution is 2.59. The normalized spacial score (nSPS) is 27.6. The molecule has 0 saturated carbocycles. The number of hydrogen-bond donors (Lipinski definition) is 1. The number of carbonyl (C=O) groups excluding carboxylic acids is 1. The van der Waals surface area contributed by atoms with Gasteiger partial charge in [0, 0.05) is 23.8 Å². The molecule has 0 amide bonds. The zero-order valence-corrected chi connectivity index (χ0v) is 13.3. The number of ketones is 1. The van der Waals surface area contributed by atoms with Gasteiger partial charge in [-0.15, -0.1) is 0 Å². The number of hydrogen-bond acceptors (Lipinski definition) is 4. The average Bonchev–Trinajstić information content (AvgIpc) is 2.92. The molecule has 1 aliphatic heterocycles. The number of aliphatic hydroxyl groups is 1. The third-order valence-corrected chi connectivity index (χ3v) is 4.95. The quantitative estimate of drug-likeness (QED) is 0.926. The lowest BCUT2D eigenvalue weighted by Crippen LogP contribution is -2.50. The fourth-order valence-electron chi connectivity index (χ4n) is 3.71. The molecule has 1 heterocycles. The number of benzene rings is 2. The molecule has 0 bridgehead atoms. The SMILES string of the molecule is CO[C@@]12C(=O)c3ccccc3[C@]1(O)Oc1cc(C(C)C)ccc12. The molecule has 0 unspecified atom stereocenters. The Labute approximate surface area is 134 Å². The van der Waals surface area contributed by atoms with Crippen molar-refractivity contribution in [3.63, 3.8) is 0 Å². The highest BCUT2D eigenvalue weighted by atomic mass is 16.7. The average molecular weight is 310 g/mol. The van der Waals surface area contributed by atoms with Crippen LogP contribution in [-0.2, 0) is 16.1 Å². The lowest BCUT2D eigenvalue weighted by molar-refractivity contribution is -0.234. The lowest BCUT2D eigenvalue weighted by atomic mass is 9.85. The Balaban J connectivity index is 2.00. The van der Waals surface area contributed by atoms with Crippen molar-refractivity contribution in [2.45, 2.75) is 31.2 Å². The van der Waals surface area contributed by atoms with Crippen molar-refractivity contribution in [1.29, 1.82) is 0 Å². The molecule has 1 N–H and O–H groups in total. The van der Waals surface area contributed by atoms with Gasteiger partial charge in [0.05, 0.1) is 0 Å². The second kappa shape index (κ2) is 4.43. The number of methoxy groups -OCH3 is 1. The molecule has 118 valence electrons. The molecule has 2 aromatic rings. The first-order valence-electron chi connectivity index (χ1n) is 7.71. The van der Waals surface area contributed by atoms with E-state index in [1.807, 2.05) is 18.2 Å². The predicted octanol–water partition coefficient (Wildman–Crippen LogP) is 3.09. The standard InChI is InChI=1S/C19H18O4/c1-11(2)12-8-9-15-16(10-12)23-19(21)14-7-5-4-6-13(14)17(20)18(15,19)22-3/h4-11,21H,1-3H3/t18-,19-/m0/s1. The van der Waals surface area contributed by atoms with Crippen LogP contribution in [-0.4, -0.2) is 18.0 Å². The zero-order valence-electron chi connectivity index (χ0n) is 13.3. The van der Waals surface area contributed by atoms with Crippen molar-refractivity contribution in [3.05, 3.63) is 64.7 Å². The monoisotopic (exact) mass is 310 g/mol. The van der Waals surface area contributed by atoms with Gasteiger partial charge in [-0.25, -0.2) is 0 Å². The number of fused-ring (bicyclic) bond motifs is 5. The van der Waals surface area contributed by atoms with E-state index in [1.165, 1.54) is 7.11 Å². The number of rotatable bonds is 2. The number of ether oxygens (including phenoxy) is 2. The molecule has 4 nitrogen and oxygen atoms in total. The van der Waals surface area contributed by atoms with Crippen LogP contribution in [0.1, 0.15) is 46.8 Å². The molecule has 0 spiro atoms. The van der Waals surface area contributed by atoms with E-state index in [2.05, 4.69) is 13.8 Å². The van der Waals surface area contributed by atoms with Crippen LogP contribution in [0.3, 0.4) is 0 Å². The van der Waals surface area contributed by atoms with E-state index in [4.69, 9.17) is 9.47 Å². The summed E-state index contributed by atoms with van der Waals surface area (Å²) in [5.74, 6) is -1.27. The van der Waals surface area contributed by atoms with Gasteiger partial charge in [0.15, 0.2) is 0 Å². The van der Waals surface area contributed by atoms with Gasteiger partial charge < -0.3 is 14.6 Å². The fraction of sp³-hybridized carbons (Fsp3) is 0.316. The summed E-state index contributed by atoms with van der Waals surface area (Å²) in [6.45, 7) is 4.16. The third-order valence-electron chi connectivity index (χ3n) is 4.95. The van der Waals surface area contributed by atoms with Gasteiger partial charge in [0.2, 0.25) is 11.4 Å². The molecule has 0 aromatic heterocycles. The topological polar surface area (TPSA) is 55.8 Å². The molecule has 2 aliphatic rings. The first kappa shape index (κ1) is 14.4. The van der Waals surface area contributed by atoms with Gasteiger partial charge in [-0.2, -0.15) is 0 Å². The van der Waals surface area contributed by atoms with Gasteiger partial charge in [0.25, 0.3) is 5.79 Å². The number of Topliss-reactive ketones (excluding diaryl/α,β-unsaturated/α-hetero) is 1. The molecular weight excluding hydrogens is 292 g/mol. The number of carbonyl (C=O) groups is 1. The fourth-order valence-corrected chi connectivity index (χ4v) is 3.71. The van der Waals surface area contributed by atoms with Crippen LogP contribution in [0.5, 0.6) is 5.75 Å². The minimum absolute atomic E-state index is 0.269. The van der Waals surface area contributed by atoms with E-state index in [9.17, 15) is 9.90 Å². The maximum atomic E-state index is 13.1. The van der Waals surface area contributed by atoms with E-state index in [0.29, 0.717) is 28.4 Å². The van der Waals surface area contributed by atoms with Crippen molar-refractivity contribution in [1.82, 2.24) is 0 Å². The van der Waals surface area contributed by atoms with E-state index in [0.717, 1.165) is 5.56 Å². The largest absolute Gasteiger partial charge is 0.454 e. The molecule has 2 atom stereocenters. The first-order chi connectivity index (χ1) is 11.0. The Morgan fingerprint density at radius 3 is 2.57 bits per heavy atom. The second-order valence-electron chi connectivity index (χ2n) is 6.42. The molecule has 4 rings (SSSR count). The summed E-state index contributed by atoms with van der Waals surface area (Å²) < 4.78 is 11.5. The van der Waals surface area contributed by atoms with Crippen molar-refractivity contribution < 1.29 is 19.4 Å². The predicted molar refractivity (Wildman–Crippen MR) is 84.5 cm³/mol. The van der Waals surface area contributed by atoms with Gasteiger partial charge in [-0.1, -0.05) is 50.2 Å². The summed E-state index contributed by atoms with van der Waals surface area (Å²) in [6, 6.07) is 12.6. The van der Waals surface area contributed by atoms with Gasteiger partial charge in [-0.05, 0) is 17.5 Å². The van der Waals surface area contributed by atoms with Gasteiger partial charge in [-0.3, -0.25) is 4.79 Å². The van der Waals surface area contributed by atoms with Gasteiger partial charge in [0.1, 0.15) is 5.75 Å². The summed E-state index contributed by atoms with van der Waals surface area (Å²) in [7, 11) is 1.43. The van der Waals surface area contributed by atoms with Crippen LogP contribution in [0.15, 0.2) is 42.5 Å². The van der Waals surface area contributed by atoms with Crippen LogP contribution in [0.25, 0.3) is 0 Å². The molecule has 0 radical (unpaired) electrons. The summed E-state index contributed by atoms with van der Waals surface area (Å²) in [4.78, 5) is 13.1. The molecule has 0 saturated heterocycles. The Morgan fingerprint density at radius 1 is 1.13 bits per heavy atom. The van der Waals surface area contributed by atoms with Crippen LogP contribution < -0.4 is 4.74 Å². The molecule has 0 fully saturated rings. The van der Waals surface area contributed by atoms with E-state index >= 15 is 0 Å². The molecule has 4 heteroatoms. The van der Waals surface area contributed by atoms with E-state index < -0.39 is 11.4 Å². The van der Waals surface area contributed by atoms with Crippen LogP contribution in [0.4, 0.5) is 0 Å². The summed E-state index contributed by atoms with van der Waals surface area (Å²) in [6.07, 6.45) is 0. The highest BCUT2D eigenvalue weighted by Gasteiger charge is 2.71. The van der Waals surface area contributed by atoms with Crippen molar-refractivity contribution in [3.8, 4) is 5.75 Å². The Hall–Kier alpha value is -2.17. The van der Waals surface area contributed by atoms with Crippen molar-refractivity contribution in [2.24, 2.45) is 0 Å². The van der Waals surface area contributed by atoms with Gasteiger partial charge >= 0.3 is 0 Å². The van der Waals surface area contributed by atoms with Crippen molar-refractivity contribution in [2.75, 3.05) is 7.11 Å². The van der Waals surface area contributed by atoms with Crippen LogP contribution in [0, 0.1) is 0 Å². The maximum Gasteiger partial charge on any atom is 0.277 e. The minimum atomic E-state index is -1.83. The Morgan fingerprint density at radius 2 is 1.87 bits per heavy atom. The highest BCUT2D eigenvalue weighted by molar-refractivity contribution is 6.09. The first-order valence-corrected chi connectivity index (χ1v) is 7.71. The molecular formula is C19H18O4. The van der Waals surface area contributed by atoms with Crippen LogP contribution >= 0.6 is 0 Å². The zero-order chi connectivity index (χ0) is 16.4. The third kappa shape index (κ3) is 1.50. The second-order valence-corrected chi connectivity index (χ2v) is 6.42. The smallest absolute Gasteiger partial charge is 0.277 e. The van der Waals surface area contributed by atoms with Crippen LogP contribution in [0.2, 0.25) is 0 Å². The lowest BCUT2D eigenvalue weighted by Gasteiger charge is -2.32. The molecule has 1 aliphatic carbocycles. The summed E-state index contributed by atoms with van der Waals surface area (Å²) >= 11 is 0. The summed E-state index contributed by atoms with van der Waals surface area (Å²) in [5, 5.41) is 11.3.